The molecule has 2 heterocycles. The Labute approximate surface area is 114 Å². The number of carbonyl (C=O) groups is 4. The monoisotopic (exact) mass is 300 g/mol. The predicted molar refractivity (Wildman–Crippen MR) is 64.4 cm³/mol. The van der Waals surface area contributed by atoms with Crippen LogP contribution >= 0.6 is 23.6 Å². The lowest BCUT2D eigenvalue weighted by atomic mass is 10.4. The Morgan fingerprint density at radius 1 is 0.889 bits per heavy atom. The van der Waals surface area contributed by atoms with Crippen molar-refractivity contribution in [3.8, 4) is 0 Å². The van der Waals surface area contributed by atoms with Crippen molar-refractivity contribution in [2.45, 2.75) is 25.7 Å². The van der Waals surface area contributed by atoms with Gasteiger partial charge in [-0.3, -0.25) is 24.5 Å². The highest BCUT2D eigenvalue weighted by atomic mass is 35.5. The molecule has 0 aliphatic carbocycles. The number of hydrogen-bond acceptors (Lipinski definition) is 6. The Bertz CT molecular complexity index is 307. The summed E-state index contributed by atoms with van der Waals surface area (Å²) in [6.07, 6.45) is 1.28. The first-order chi connectivity index (χ1) is 8.00. The number of rotatable bonds is 0. The highest BCUT2D eigenvalue weighted by Gasteiger charge is 2.26. The summed E-state index contributed by atoms with van der Waals surface area (Å²) >= 11 is 9.29. The Kier molecular flexibility index (Phi) is 10.4. The van der Waals surface area contributed by atoms with Gasteiger partial charge in [-0.05, 0) is 11.8 Å². The number of nitrogens with zero attached hydrogens (tertiary/aromatic N) is 1. The van der Waals surface area contributed by atoms with Gasteiger partial charge in [0.15, 0.2) is 0 Å². The molecule has 0 aromatic carbocycles. The highest BCUT2D eigenvalue weighted by Crippen LogP contribution is 2.12. The van der Waals surface area contributed by atoms with E-state index in [9.17, 15) is 19.2 Å². The van der Waals surface area contributed by atoms with Crippen LogP contribution in [-0.4, -0.2) is 28.0 Å². The Hall–Kier alpha value is -1.22. The fourth-order valence-electron chi connectivity index (χ4n) is 1.06. The molecule has 4 amide bonds. The topological polar surface area (TPSA) is 145 Å². The van der Waals surface area contributed by atoms with Crippen LogP contribution in [0.5, 0.6) is 0 Å². The summed E-state index contributed by atoms with van der Waals surface area (Å²) in [7, 11) is 0. The van der Waals surface area contributed by atoms with E-state index in [0.717, 1.165) is 0 Å². The number of halogens is 2. The van der Waals surface area contributed by atoms with Crippen LogP contribution in [0.1, 0.15) is 25.7 Å². The van der Waals surface area contributed by atoms with Crippen LogP contribution in [0.3, 0.4) is 0 Å². The molecule has 0 unspecified atom stereocenters. The second-order valence-electron chi connectivity index (χ2n) is 3.04. The van der Waals surface area contributed by atoms with Crippen molar-refractivity contribution >= 4 is 47.2 Å². The lowest BCUT2D eigenvalue weighted by molar-refractivity contribution is -0.132. The van der Waals surface area contributed by atoms with Gasteiger partial charge < -0.3 is 6.15 Å². The number of nitrogens with two attached hydrogens (primary N) is 1. The molecule has 0 atom stereocenters. The van der Waals surface area contributed by atoms with Gasteiger partial charge in [0.25, 0.3) is 0 Å². The van der Waals surface area contributed by atoms with Crippen LogP contribution in [0.4, 0.5) is 0 Å². The molecule has 10 heteroatoms. The van der Waals surface area contributed by atoms with Crippen molar-refractivity contribution < 1.29 is 19.2 Å². The molecular formula is C8H14Cl2N4O4. The van der Waals surface area contributed by atoms with E-state index in [-0.39, 0.29) is 42.6 Å². The van der Waals surface area contributed by atoms with E-state index < -0.39 is 0 Å². The smallest absolute Gasteiger partial charge is 0.244 e. The molecule has 0 spiro atoms. The fourth-order valence-corrected chi connectivity index (χ4v) is 1.23. The molecule has 2 fully saturated rings. The van der Waals surface area contributed by atoms with Gasteiger partial charge in [0.05, 0.1) is 0 Å². The first kappa shape index (κ1) is 19.1. The van der Waals surface area contributed by atoms with Crippen LogP contribution in [0.15, 0.2) is 0 Å². The maximum absolute atomic E-state index is 10.4. The fraction of sp³-hybridized carbons (Fsp3) is 0.500. The van der Waals surface area contributed by atoms with E-state index in [0.29, 0.717) is 17.3 Å². The zero-order valence-electron chi connectivity index (χ0n) is 9.45. The van der Waals surface area contributed by atoms with Gasteiger partial charge in [0.2, 0.25) is 23.6 Å². The number of amides is 4. The summed E-state index contributed by atoms with van der Waals surface area (Å²) in [6.45, 7) is 0. The van der Waals surface area contributed by atoms with Crippen LogP contribution < -0.4 is 16.7 Å². The van der Waals surface area contributed by atoms with Crippen molar-refractivity contribution in [3.63, 3.8) is 0 Å². The van der Waals surface area contributed by atoms with Gasteiger partial charge in [0.1, 0.15) is 0 Å². The lowest BCUT2D eigenvalue weighted by Gasteiger charge is -1.96. The second-order valence-corrected chi connectivity index (χ2v) is 3.38. The van der Waals surface area contributed by atoms with Gasteiger partial charge in [-0.2, -0.15) is 4.42 Å². The normalized spacial score (nSPS) is 17.2. The molecule has 0 radical (unpaired) electrons. The summed E-state index contributed by atoms with van der Waals surface area (Å²) in [6, 6.07) is 0. The minimum absolute atomic E-state index is 0. The van der Waals surface area contributed by atoms with Gasteiger partial charge >= 0.3 is 0 Å². The Morgan fingerprint density at radius 2 is 1.22 bits per heavy atom. The van der Waals surface area contributed by atoms with Crippen LogP contribution in [0, 0.1) is 0 Å². The quantitative estimate of drug-likeness (QED) is 0.423. The van der Waals surface area contributed by atoms with Crippen molar-refractivity contribution in [2.75, 3.05) is 0 Å². The van der Waals surface area contributed by atoms with Crippen molar-refractivity contribution in [3.05, 3.63) is 0 Å². The minimum atomic E-state index is -0.295. The van der Waals surface area contributed by atoms with E-state index in [2.05, 4.69) is 22.3 Å². The Morgan fingerprint density at radius 3 is 1.33 bits per heavy atom. The van der Waals surface area contributed by atoms with E-state index in [4.69, 9.17) is 11.8 Å². The molecule has 8 nitrogen and oxygen atoms in total. The van der Waals surface area contributed by atoms with Crippen molar-refractivity contribution in [2.24, 2.45) is 5.25 Å². The molecular weight excluding hydrogens is 287 g/mol. The summed E-state index contributed by atoms with van der Waals surface area (Å²) in [5, 5.41) is 6.11. The summed E-state index contributed by atoms with van der Waals surface area (Å²) in [5.74, 6) is -0.886. The molecule has 2 rings (SSSR count). The SMILES string of the molecule is N.NCl.O=C1CCC(=O)N1.O=C1CCC(=O)N1Cl. The molecule has 2 aliphatic rings. The van der Waals surface area contributed by atoms with E-state index in [1.165, 1.54) is 0 Å². The number of imide groups is 2. The first-order valence-corrected chi connectivity index (χ1v) is 5.34. The van der Waals surface area contributed by atoms with E-state index >= 15 is 0 Å². The van der Waals surface area contributed by atoms with Crippen LogP contribution in [0.25, 0.3) is 0 Å². The van der Waals surface area contributed by atoms with Crippen LogP contribution in [0.2, 0.25) is 0 Å². The molecule has 0 saturated carbocycles. The van der Waals surface area contributed by atoms with Gasteiger partial charge in [-0.1, -0.05) is 0 Å². The van der Waals surface area contributed by atoms with Crippen LogP contribution in [-0.2, 0) is 19.2 Å². The average molecular weight is 301 g/mol. The van der Waals surface area contributed by atoms with E-state index in [1.54, 1.807) is 0 Å². The number of nitrogens with one attached hydrogen (secondary N) is 1. The molecule has 2 saturated heterocycles. The summed E-state index contributed by atoms with van der Waals surface area (Å²) in [4.78, 5) is 41.0. The van der Waals surface area contributed by atoms with Crippen molar-refractivity contribution in [1.29, 1.82) is 0 Å². The third-order valence-electron chi connectivity index (χ3n) is 1.85. The molecule has 0 bridgehead atoms. The largest absolute Gasteiger partial charge is 0.344 e. The molecule has 0 aromatic heterocycles. The maximum Gasteiger partial charge on any atom is 0.244 e. The molecule has 2 aliphatic heterocycles. The number of carbonyl (C=O) groups excluding carboxylic acids is 4. The first-order valence-electron chi connectivity index (χ1n) is 4.57. The minimum Gasteiger partial charge on any atom is -0.344 e. The predicted octanol–water partition coefficient (Wildman–Crippen LogP) is -0.0269. The molecule has 104 valence electrons. The molecule has 0 aromatic rings. The number of hydrogen-bond donors (Lipinski definition) is 3. The third-order valence-corrected chi connectivity index (χ3v) is 2.23. The molecule has 6 N–H and O–H groups in total. The highest BCUT2D eigenvalue weighted by molar-refractivity contribution is 6.32. The van der Waals surface area contributed by atoms with Gasteiger partial charge in [-0.15, -0.1) is 0 Å². The van der Waals surface area contributed by atoms with E-state index in [1.807, 2.05) is 0 Å². The average Bonchev–Trinajstić information content (AvgIpc) is 2.83. The van der Waals surface area contributed by atoms with Crippen molar-refractivity contribution in [1.82, 2.24) is 15.9 Å². The third kappa shape index (κ3) is 6.50. The zero-order valence-corrected chi connectivity index (χ0v) is 11.0. The lowest BCUT2D eigenvalue weighted by Crippen LogP contribution is -2.18. The van der Waals surface area contributed by atoms with Gasteiger partial charge in [-0.25, -0.2) is 5.25 Å². The zero-order chi connectivity index (χ0) is 13.4. The second kappa shape index (κ2) is 9.77. The van der Waals surface area contributed by atoms with Gasteiger partial charge in [0, 0.05) is 37.5 Å². The summed E-state index contributed by atoms with van der Waals surface area (Å²) < 4.78 is 0.639. The Balaban J connectivity index is 0. The molecule has 18 heavy (non-hydrogen) atoms. The summed E-state index contributed by atoms with van der Waals surface area (Å²) in [5.41, 5.74) is 0. The maximum atomic E-state index is 10.4. The standard InChI is InChI=1S/C4H4ClNO2.C4H5NO2.ClH2N.H3N/c5-6-3(7)1-2-4(6)8;6-3-1-2-4(7)5-3;1-2;/h1-2H2;1-2H2,(H,5,6,7);2H2;1H3.